The third-order valence-corrected chi connectivity index (χ3v) is 4.05. The van der Waals surface area contributed by atoms with Crippen molar-refractivity contribution < 1.29 is 27.9 Å². The van der Waals surface area contributed by atoms with E-state index in [1.54, 1.807) is 0 Å². The lowest BCUT2D eigenvalue weighted by Crippen LogP contribution is -2.56. The van der Waals surface area contributed by atoms with Crippen molar-refractivity contribution in [3.8, 4) is 0 Å². The number of halogens is 2. The van der Waals surface area contributed by atoms with Crippen LogP contribution < -0.4 is 10.6 Å². The molecule has 2 N–H and O–H groups in total. The summed E-state index contributed by atoms with van der Waals surface area (Å²) < 4.78 is 31.6. The maximum atomic E-state index is 13.5. The van der Waals surface area contributed by atoms with Crippen LogP contribution in [0.1, 0.15) is 39.0 Å². The highest BCUT2D eigenvalue weighted by Crippen LogP contribution is 2.29. The predicted octanol–water partition coefficient (Wildman–Crippen LogP) is 2.29. The van der Waals surface area contributed by atoms with Gasteiger partial charge in [0.25, 0.3) is 5.91 Å². The molecule has 136 valence electrons. The number of anilines is 1. The predicted molar refractivity (Wildman–Crippen MR) is 85.6 cm³/mol. The second-order valence-electron chi connectivity index (χ2n) is 6.07. The van der Waals surface area contributed by atoms with Gasteiger partial charge in [0.1, 0.15) is 17.2 Å². The van der Waals surface area contributed by atoms with E-state index in [0.29, 0.717) is 12.8 Å². The number of amides is 2. The SMILES string of the molecule is CC(=O)NC1(C(=O)OCC(=O)Nc2cc(F)ccc2F)CCCCC1. The van der Waals surface area contributed by atoms with Crippen molar-refractivity contribution in [1.82, 2.24) is 5.32 Å². The third-order valence-electron chi connectivity index (χ3n) is 4.05. The summed E-state index contributed by atoms with van der Waals surface area (Å²) in [5, 5.41) is 4.77. The maximum absolute atomic E-state index is 13.5. The van der Waals surface area contributed by atoms with Gasteiger partial charge in [-0.2, -0.15) is 0 Å². The highest BCUT2D eigenvalue weighted by Gasteiger charge is 2.42. The smallest absolute Gasteiger partial charge is 0.332 e. The van der Waals surface area contributed by atoms with E-state index in [9.17, 15) is 23.2 Å². The number of benzene rings is 1. The molecule has 0 radical (unpaired) electrons. The molecule has 0 aliphatic heterocycles. The number of rotatable bonds is 5. The largest absolute Gasteiger partial charge is 0.454 e. The highest BCUT2D eigenvalue weighted by atomic mass is 19.1. The first-order chi connectivity index (χ1) is 11.8. The van der Waals surface area contributed by atoms with Crippen molar-refractivity contribution in [2.75, 3.05) is 11.9 Å². The Bertz CT molecular complexity index is 673. The first-order valence-electron chi connectivity index (χ1n) is 8.03. The molecule has 1 aromatic carbocycles. The van der Waals surface area contributed by atoms with E-state index in [1.807, 2.05) is 0 Å². The van der Waals surface area contributed by atoms with Crippen molar-refractivity contribution in [2.24, 2.45) is 0 Å². The van der Waals surface area contributed by atoms with Crippen LogP contribution in [0.3, 0.4) is 0 Å². The molecule has 2 amide bonds. The van der Waals surface area contributed by atoms with Gasteiger partial charge in [-0.1, -0.05) is 19.3 Å². The lowest BCUT2D eigenvalue weighted by Gasteiger charge is -2.35. The molecular formula is C17H20F2N2O4. The zero-order chi connectivity index (χ0) is 18.4. The Labute approximate surface area is 143 Å². The number of hydrogen-bond donors (Lipinski definition) is 2. The van der Waals surface area contributed by atoms with E-state index >= 15 is 0 Å². The Balaban J connectivity index is 1.96. The summed E-state index contributed by atoms with van der Waals surface area (Å²) in [6.07, 6.45) is 3.34. The summed E-state index contributed by atoms with van der Waals surface area (Å²) in [7, 11) is 0. The highest BCUT2D eigenvalue weighted by molar-refractivity contribution is 5.94. The summed E-state index contributed by atoms with van der Waals surface area (Å²) >= 11 is 0. The minimum absolute atomic E-state index is 0.338. The average Bonchev–Trinajstić information content (AvgIpc) is 2.56. The third kappa shape index (κ3) is 4.98. The normalized spacial score (nSPS) is 16.0. The molecule has 0 aromatic heterocycles. The lowest BCUT2D eigenvalue weighted by atomic mass is 9.81. The number of ether oxygens (including phenoxy) is 1. The molecule has 1 saturated carbocycles. The Hall–Kier alpha value is -2.51. The van der Waals surface area contributed by atoms with Gasteiger partial charge < -0.3 is 15.4 Å². The van der Waals surface area contributed by atoms with Crippen LogP contribution in [-0.2, 0) is 19.1 Å². The minimum Gasteiger partial charge on any atom is -0.454 e. The van der Waals surface area contributed by atoms with Gasteiger partial charge in [-0.15, -0.1) is 0 Å². The fraction of sp³-hybridized carbons (Fsp3) is 0.471. The van der Waals surface area contributed by atoms with Gasteiger partial charge >= 0.3 is 5.97 Å². The molecule has 6 nitrogen and oxygen atoms in total. The monoisotopic (exact) mass is 354 g/mol. The van der Waals surface area contributed by atoms with E-state index in [4.69, 9.17) is 4.74 Å². The van der Waals surface area contributed by atoms with E-state index < -0.39 is 35.7 Å². The average molecular weight is 354 g/mol. The Kier molecular flexibility index (Phi) is 6.06. The zero-order valence-corrected chi connectivity index (χ0v) is 13.9. The van der Waals surface area contributed by atoms with Crippen LogP contribution in [-0.4, -0.2) is 29.9 Å². The van der Waals surface area contributed by atoms with E-state index in [2.05, 4.69) is 10.6 Å². The van der Waals surface area contributed by atoms with Crippen LogP contribution >= 0.6 is 0 Å². The summed E-state index contributed by atoms with van der Waals surface area (Å²) in [5.74, 6) is -3.36. The molecule has 0 unspecified atom stereocenters. The molecular weight excluding hydrogens is 334 g/mol. The van der Waals surface area contributed by atoms with Crippen molar-refractivity contribution in [2.45, 2.75) is 44.6 Å². The van der Waals surface area contributed by atoms with Crippen LogP contribution in [0.2, 0.25) is 0 Å². The molecule has 1 aliphatic rings. The fourth-order valence-corrected chi connectivity index (χ4v) is 2.92. The Morgan fingerprint density at radius 3 is 2.48 bits per heavy atom. The summed E-state index contributed by atoms with van der Waals surface area (Å²) in [6.45, 7) is 0.652. The lowest BCUT2D eigenvalue weighted by molar-refractivity contribution is -0.157. The van der Waals surface area contributed by atoms with Crippen molar-refractivity contribution in [3.05, 3.63) is 29.8 Å². The first-order valence-corrected chi connectivity index (χ1v) is 8.03. The first kappa shape index (κ1) is 18.8. The van der Waals surface area contributed by atoms with Crippen molar-refractivity contribution in [1.29, 1.82) is 0 Å². The molecule has 0 heterocycles. The topological polar surface area (TPSA) is 84.5 Å². The van der Waals surface area contributed by atoms with Gasteiger partial charge in [0.15, 0.2) is 6.61 Å². The van der Waals surface area contributed by atoms with Crippen LogP contribution in [0.15, 0.2) is 18.2 Å². The van der Waals surface area contributed by atoms with Crippen molar-refractivity contribution >= 4 is 23.5 Å². The molecule has 8 heteroatoms. The van der Waals surface area contributed by atoms with E-state index in [1.165, 1.54) is 6.92 Å². The number of carbonyl (C=O) groups is 3. The van der Waals surface area contributed by atoms with E-state index in [-0.39, 0.29) is 11.6 Å². The molecule has 0 atom stereocenters. The van der Waals surface area contributed by atoms with Gasteiger partial charge in [0.05, 0.1) is 5.69 Å². The van der Waals surface area contributed by atoms with Gasteiger partial charge in [-0.05, 0) is 25.0 Å². The summed E-state index contributed by atoms with van der Waals surface area (Å²) in [5.41, 5.74) is -1.47. The molecule has 1 aromatic rings. The van der Waals surface area contributed by atoms with Crippen LogP contribution in [0, 0.1) is 11.6 Å². The summed E-state index contributed by atoms with van der Waals surface area (Å²) in [6, 6.07) is 2.63. The number of nitrogens with one attached hydrogen (secondary N) is 2. The molecule has 0 saturated heterocycles. The van der Waals surface area contributed by atoms with Gasteiger partial charge in [0.2, 0.25) is 5.91 Å². The number of esters is 1. The second kappa shape index (κ2) is 8.04. The van der Waals surface area contributed by atoms with Gasteiger partial charge in [0, 0.05) is 13.0 Å². The van der Waals surface area contributed by atoms with Crippen LogP contribution in [0.5, 0.6) is 0 Å². The molecule has 2 rings (SSSR count). The molecule has 25 heavy (non-hydrogen) atoms. The van der Waals surface area contributed by atoms with Crippen LogP contribution in [0.4, 0.5) is 14.5 Å². The van der Waals surface area contributed by atoms with Gasteiger partial charge in [-0.25, -0.2) is 13.6 Å². The Morgan fingerprint density at radius 1 is 1.16 bits per heavy atom. The van der Waals surface area contributed by atoms with Crippen LogP contribution in [0.25, 0.3) is 0 Å². The standard InChI is InChI=1S/C17H20F2N2O4/c1-11(22)21-17(7-3-2-4-8-17)16(24)25-10-15(23)20-14-9-12(18)5-6-13(14)19/h5-6,9H,2-4,7-8,10H2,1H3,(H,20,23)(H,21,22). The quantitative estimate of drug-likeness (QED) is 0.795. The minimum atomic E-state index is -1.13. The molecule has 0 spiro atoms. The van der Waals surface area contributed by atoms with Crippen molar-refractivity contribution in [3.63, 3.8) is 0 Å². The fourth-order valence-electron chi connectivity index (χ4n) is 2.92. The molecule has 1 aliphatic carbocycles. The maximum Gasteiger partial charge on any atom is 0.332 e. The summed E-state index contributed by atoms with van der Waals surface area (Å²) in [4.78, 5) is 35.6. The zero-order valence-electron chi connectivity index (χ0n) is 13.9. The molecule has 0 bridgehead atoms. The number of carbonyl (C=O) groups excluding carboxylic acids is 3. The Morgan fingerprint density at radius 2 is 1.84 bits per heavy atom. The second-order valence-corrected chi connectivity index (χ2v) is 6.07. The van der Waals surface area contributed by atoms with E-state index in [0.717, 1.165) is 37.5 Å². The van der Waals surface area contributed by atoms with Gasteiger partial charge in [-0.3, -0.25) is 9.59 Å². The molecule has 1 fully saturated rings. The number of hydrogen-bond acceptors (Lipinski definition) is 4.